The Labute approximate surface area is 153 Å². The Bertz CT molecular complexity index is 833. The molecule has 5 heteroatoms. The summed E-state index contributed by atoms with van der Waals surface area (Å²) < 4.78 is 0. The number of carbonyl (C=O) groups is 2. The molecule has 1 aromatic heterocycles. The summed E-state index contributed by atoms with van der Waals surface area (Å²) in [5.74, 6) is -0.824. The molecule has 1 saturated heterocycles. The first-order valence-corrected chi connectivity index (χ1v) is 8.72. The molecule has 1 aliphatic heterocycles. The molecule has 1 aliphatic rings. The predicted octanol–water partition coefficient (Wildman–Crippen LogP) is 2.59. The van der Waals surface area contributed by atoms with E-state index in [1.165, 1.54) is 12.5 Å². The molecule has 0 bridgehead atoms. The van der Waals surface area contributed by atoms with E-state index in [2.05, 4.69) is 17.1 Å². The largest absolute Gasteiger partial charge is 0.392 e. The molecule has 0 atom stereocenters. The maximum Gasteiger partial charge on any atom is 0.289 e. The number of hydrogen-bond acceptors (Lipinski definition) is 4. The highest BCUT2D eigenvalue weighted by molar-refractivity contribution is 6.35. The number of aliphatic hydroxyl groups excluding tert-OH is 1. The molecule has 134 valence electrons. The van der Waals surface area contributed by atoms with E-state index >= 15 is 0 Å². The van der Waals surface area contributed by atoms with Crippen molar-refractivity contribution >= 4 is 17.3 Å². The highest BCUT2D eigenvalue weighted by Gasteiger charge is 2.24. The number of aromatic nitrogens is 1. The Hall–Kier alpha value is -2.79. The second-order valence-electron chi connectivity index (χ2n) is 6.43. The lowest BCUT2D eigenvalue weighted by Crippen LogP contribution is -2.39. The Morgan fingerprint density at radius 3 is 2.38 bits per heavy atom. The predicted molar refractivity (Wildman–Crippen MR) is 99.1 cm³/mol. The van der Waals surface area contributed by atoms with Crippen molar-refractivity contribution in [2.45, 2.75) is 26.4 Å². The number of amides is 1. The van der Waals surface area contributed by atoms with Gasteiger partial charge in [0.15, 0.2) is 0 Å². The third-order valence-corrected chi connectivity index (χ3v) is 4.64. The first-order valence-electron chi connectivity index (χ1n) is 8.72. The molecule has 26 heavy (non-hydrogen) atoms. The van der Waals surface area contributed by atoms with Crippen LogP contribution in [-0.4, -0.2) is 39.8 Å². The van der Waals surface area contributed by atoms with E-state index in [4.69, 9.17) is 0 Å². The molecule has 1 N–H and O–H groups in total. The molecule has 0 aliphatic carbocycles. The number of piperidine rings is 1. The van der Waals surface area contributed by atoms with Gasteiger partial charge >= 0.3 is 0 Å². The molecule has 0 saturated carbocycles. The van der Waals surface area contributed by atoms with Crippen LogP contribution in [0.1, 0.15) is 36.5 Å². The van der Waals surface area contributed by atoms with Crippen LogP contribution in [0.5, 0.6) is 0 Å². The SMILES string of the molecule is CC(=O)C(=O)N1CCC(=C(c2ccccc2)c2cncc(CO)c2)CC1. The highest BCUT2D eigenvalue weighted by atomic mass is 16.3. The van der Waals surface area contributed by atoms with Gasteiger partial charge in [-0.25, -0.2) is 0 Å². The molecule has 1 fully saturated rings. The molecule has 1 amide bonds. The van der Waals surface area contributed by atoms with Gasteiger partial charge in [0.1, 0.15) is 0 Å². The van der Waals surface area contributed by atoms with E-state index in [0.29, 0.717) is 25.9 Å². The number of benzene rings is 1. The number of likely N-dealkylation sites (tertiary alicyclic amines) is 1. The van der Waals surface area contributed by atoms with Gasteiger partial charge in [-0.15, -0.1) is 0 Å². The van der Waals surface area contributed by atoms with Crippen molar-refractivity contribution in [1.82, 2.24) is 9.88 Å². The first kappa shape index (κ1) is 18.0. The molecule has 0 unspecified atom stereocenters. The molecule has 3 rings (SSSR count). The van der Waals surface area contributed by atoms with E-state index in [0.717, 1.165) is 22.3 Å². The number of pyridine rings is 1. The quantitative estimate of drug-likeness (QED) is 0.861. The maximum atomic E-state index is 11.9. The Morgan fingerprint density at radius 1 is 1.08 bits per heavy atom. The van der Waals surface area contributed by atoms with Crippen molar-refractivity contribution in [3.63, 3.8) is 0 Å². The van der Waals surface area contributed by atoms with E-state index in [-0.39, 0.29) is 6.61 Å². The van der Waals surface area contributed by atoms with Crippen molar-refractivity contribution < 1.29 is 14.7 Å². The van der Waals surface area contributed by atoms with Crippen LogP contribution < -0.4 is 0 Å². The lowest BCUT2D eigenvalue weighted by molar-refractivity contribution is -0.143. The topological polar surface area (TPSA) is 70.5 Å². The molecule has 0 radical (unpaired) electrons. The summed E-state index contributed by atoms with van der Waals surface area (Å²) in [6.45, 7) is 2.34. The van der Waals surface area contributed by atoms with E-state index < -0.39 is 11.7 Å². The van der Waals surface area contributed by atoms with Crippen molar-refractivity contribution in [3.05, 3.63) is 71.1 Å². The molecule has 2 heterocycles. The highest BCUT2D eigenvalue weighted by Crippen LogP contribution is 2.32. The van der Waals surface area contributed by atoms with Crippen LogP contribution in [0.2, 0.25) is 0 Å². The summed E-state index contributed by atoms with van der Waals surface area (Å²) in [6.07, 6.45) is 4.89. The molecule has 2 aromatic rings. The van der Waals surface area contributed by atoms with Crippen LogP contribution >= 0.6 is 0 Å². The lowest BCUT2D eigenvalue weighted by Gasteiger charge is -2.29. The molecule has 1 aromatic carbocycles. The number of hydrogen-bond donors (Lipinski definition) is 1. The third kappa shape index (κ3) is 3.89. The molecule has 5 nitrogen and oxygen atoms in total. The van der Waals surface area contributed by atoms with E-state index in [1.54, 1.807) is 11.1 Å². The summed E-state index contributed by atoms with van der Waals surface area (Å²) >= 11 is 0. The van der Waals surface area contributed by atoms with Crippen LogP contribution in [0.3, 0.4) is 0 Å². The van der Waals surface area contributed by atoms with E-state index in [1.807, 2.05) is 30.5 Å². The Balaban J connectivity index is 1.98. The zero-order valence-electron chi connectivity index (χ0n) is 14.8. The normalized spacial score (nSPS) is 14.2. The third-order valence-electron chi connectivity index (χ3n) is 4.64. The van der Waals surface area contributed by atoms with Gasteiger partial charge in [0.05, 0.1) is 6.61 Å². The fourth-order valence-electron chi connectivity index (χ4n) is 3.34. The van der Waals surface area contributed by atoms with Gasteiger partial charge in [-0.2, -0.15) is 0 Å². The Morgan fingerprint density at radius 2 is 1.77 bits per heavy atom. The summed E-state index contributed by atoms with van der Waals surface area (Å²) in [6, 6.07) is 12.0. The molecule has 0 spiro atoms. The second kappa shape index (κ2) is 8.06. The zero-order valence-corrected chi connectivity index (χ0v) is 14.8. The summed E-state index contributed by atoms with van der Waals surface area (Å²) in [5.41, 5.74) is 5.15. The van der Waals surface area contributed by atoms with E-state index in [9.17, 15) is 14.7 Å². The lowest BCUT2D eigenvalue weighted by atomic mass is 9.88. The number of rotatable bonds is 4. The van der Waals surface area contributed by atoms with Gasteiger partial charge in [-0.3, -0.25) is 14.6 Å². The summed E-state index contributed by atoms with van der Waals surface area (Å²) in [5, 5.41) is 9.44. The van der Waals surface area contributed by atoms with Gasteiger partial charge in [0.25, 0.3) is 5.91 Å². The number of Topliss-reactive ketones (excluding diaryl/α,β-unsaturated/α-hetero) is 1. The van der Waals surface area contributed by atoms with Crippen LogP contribution in [0, 0.1) is 0 Å². The van der Waals surface area contributed by atoms with Crippen molar-refractivity contribution in [2.24, 2.45) is 0 Å². The van der Waals surface area contributed by atoms with Crippen LogP contribution in [0.4, 0.5) is 0 Å². The standard InChI is InChI=1S/C21H22N2O3/c1-15(25)21(26)23-9-7-18(8-10-23)20(17-5-3-2-4-6-17)19-11-16(14-24)12-22-13-19/h2-6,11-13,24H,7-10,14H2,1H3. The van der Waals surface area contributed by atoms with Crippen LogP contribution in [0.25, 0.3) is 5.57 Å². The fourth-order valence-corrected chi connectivity index (χ4v) is 3.34. The second-order valence-corrected chi connectivity index (χ2v) is 6.43. The average Bonchev–Trinajstić information content (AvgIpc) is 2.69. The van der Waals surface area contributed by atoms with Gasteiger partial charge in [-0.05, 0) is 35.6 Å². The monoisotopic (exact) mass is 350 g/mol. The zero-order chi connectivity index (χ0) is 18.5. The number of nitrogens with zero attached hydrogens (tertiary/aromatic N) is 2. The smallest absolute Gasteiger partial charge is 0.289 e. The van der Waals surface area contributed by atoms with Crippen LogP contribution in [0.15, 0.2) is 54.4 Å². The molecular formula is C21H22N2O3. The molecular weight excluding hydrogens is 328 g/mol. The summed E-state index contributed by atoms with van der Waals surface area (Å²) in [4.78, 5) is 29.1. The minimum Gasteiger partial charge on any atom is -0.392 e. The van der Waals surface area contributed by atoms with Gasteiger partial charge in [0, 0.05) is 38.0 Å². The number of ketones is 1. The summed E-state index contributed by atoms with van der Waals surface area (Å²) in [7, 11) is 0. The van der Waals surface area contributed by atoms with Crippen molar-refractivity contribution in [2.75, 3.05) is 13.1 Å². The van der Waals surface area contributed by atoms with Crippen molar-refractivity contribution in [1.29, 1.82) is 0 Å². The van der Waals surface area contributed by atoms with Gasteiger partial charge < -0.3 is 10.0 Å². The van der Waals surface area contributed by atoms with Gasteiger partial charge in [0.2, 0.25) is 5.78 Å². The van der Waals surface area contributed by atoms with Gasteiger partial charge in [-0.1, -0.05) is 35.9 Å². The van der Waals surface area contributed by atoms with Crippen LogP contribution in [-0.2, 0) is 16.2 Å². The van der Waals surface area contributed by atoms with Crippen molar-refractivity contribution in [3.8, 4) is 0 Å². The Kier molecular flexibility index (Phi) is 5.58. The fraction of sp³-hybridized carbons (Fsp3) is 0.286. The minimum atomic E-state index is -0.416. The first-order chi connectivity index (χ1) is 12.6. The average molecular weight is 350 g/mol. The minimum absolute atomic E-state index is 0.0564. The number of carbonyl (C=O) groups excluding carboxylic acids is 2. The maximum absolute atomic E-state index is 11.9. The number of aliphatic hydroxyl groups is 1.